The van der Waals surface area contributed by atoms with E-state index in [1.807, 2.05) is 48.5 Å². The predicted molar refractivity (Wildman–Crippen MR) is 104 cm³/mol. The number of hydrogen-bond donors (Lipinski definition) is 0. The molecule has 24 heavy (non-hydrogen) atoms. The number of rotatable bonds is 4. The summed E-state index contributed by atoms with van der Waals surface area (Å²) in [7, 11) is 2.08. The van der Waals surface area contributed by atoms with Crippen LogP contribution in [0.5, 0.6) is 0 Å². The van der Waals surface area contributed by atoms with Gasteiger partial charge in [0.05, 0.1) is 0 Å². The zero-order valence-electron chi connectivity index (χ0n) is 14.7. The number of hydrogen-bond acceptors (Lipinski definition) is 1. The number of aromatic nitrogens is 1. The molecular formula is C21H23NOSn. The molecule has 0 bridgehead atoms. The first kappa shape index (κ1) is 17.0. The van der Waals surface area contributed by atoms with E-state index in [1.54, 1.807) is 0 Å². The van der Waals surface area contributed by atoms with Gasteiger partial charge < -0.3 is 0 Å². The van der Waals surface area contributed by atoms with E-state index >= 15 is 0 Å². The third-order valence-corrected chi connectivity index (χ3v) is 10.0. The summed E-state index contributed by atoms with van der Waals surface area (Å²) in [6.07, 6.45) is 2.13. The third-order valence-electron chi connectivity index (χ3n) is 4.24. The Balaban J connectivity index is 2.27. The Morgan fingerprint density at radius 2 is 1.42 bits per heavy atom. The Kier molecular flexibility index (Phi) is 4.68. The average molecular weight is 424 g/mol. The van der Waals surface area contributed by atoms with E-state index in [9.17, 15) is 4.79 Å². The number of benzene rings is 2. The van der Waals surface area contributed by atoms with Crippen LogP contribution < -0.4 is 3.71 Å². The van der Waals surface area contributed by atoms with Crippen LogP contribution >= 0.6 is 0 Å². The summed E-state index contributed by atoms with van der Waals surface area (Å²) in [5.41, 5.74) is 3.82. The maximum atomic E-state index is 13.3. The SMILES string of the molecule is Cn1cc(-c2ccccc2)c(C(=O)c2ccccc2)[c]1[Sn]([CH3])([CH3])[CH3]. The molecule has 0 saturated carbocycles. The van der Waals surface area contributed by atoms with Gasteiger partial charge in [-0.15, -0.1) is 0 Å². The molecule has 3 heteroatoms. The van der Waals surface area contributed by atoms with E-state index in [1.165, 1.54) is 3.71 Å². The van der Waals surface area contributed by atoms with Crippen LogP contribution in [0.4, 0.5) is 0 Å². The van der Waals surface area contributed by atoms with Crippen molar-refractivity contribution in [3.8, 4) is 11.1 Å². The number of nitrogens with zero attached hydrogens (tertiary/aromatic N) is 1. The molecular weight excluding hydrogens is 401 g/mol. The average Bonchev–Trinajstić information content (AvgIpc) is 2.93. The quantitative estimate of drug-likeness (QED) is 0.448. The van der Waals surface area contributed by atoms with E-state index in [4.69, 9.17) is 0 Å². The Bertz CT molecular complexity index is 858. The van der Waals surface area contributed by atoms with E-state index in [2.05, 4.69) is 44.8 Å². The van der Waals surface area contributed by atoms with Gasteiger partial charge in [0.1, 0.15) is 0 Å². The number of carbonyl (C=O) groups is 1. The molecule has 0 fully saturated rings. The molecule has 3 rings (SSSR count). The predicted octanol–water partition coefficient (Wildman–Crippen LogP) is 4.47. The molecule has 3 aromatic rings. The fourth-order valence-electron chi connectivity index (χ4n) is 3.33. The van der Waals surface area contributed by atoms with Gasteiger partial charge in [0.25, 0.3) is 0 Å². The number of ketones is 1. The molecule has 0 aliphatic carbocycles. The van der Waals surface area contributed by atoms with Crippen LogP contribution in [-0.2, 0) is 7.05 Å². The van der Waals surface area contributed by atoms with Crippen molar-refractivity contribution in [1.29, 1.82) is 0 Å². The van der Waals surface area contributed by atoms with Gasteiger partial charge in [-0.25, -0.2) is 0 Å². The first-order valence-corrected chi connectivity index (χ1v) is 18.2. The number of aryl methyl sites for hydroxylation is 1. The van der Waals surface area contributed by atoms with Crippen LogP contribution in [0.3, 0.4) is 0 Å². The molecule has 2 aromatic carbocycles. The van der Waals surface area contributed by atoms with Crippen molar-refractivity contribution in [2.45, 2.75) is 14.8 Å². The van der Waals surface area contributed by atoms with Crippen LogP contribution in [0, 0.1) is 0 Å². The van der Waals surface area contributed by atoms with Gasteiger partial charge in [-0.2, -0.15) is 0 Å². The van der Waals surface area contributed by atoms with Crippen molar-refractivity contribution >= 4 is 27.9 Å². The first-order chi connectivity index (χ1) is 11.4. The minimum atomic E-state index is -2.49. The van der Waals surface area contributed by atoms with Crippen LogP contribution in [0.2, 0.25) is 14.8 Å². The van der Waals surface area contributed by atoms with Crippen molar-refractivity contribution in [1.82, 2.24) is 4.57 Å². The van der Waals surface area contributed by atoms with E-state index in [-0.39, 0.29) is 5.78 Å². The molecule has 122 valence electrons. The Morgan fingerprint density at radius 3 is 1.96 bits per heavy atom. The monoisotopic (exact) mass is 425 g/mol. The molecule has 0 spiro atoms. The minimum absolute atomic E-state index is 0.136. The first-order valence-electron chi connectivity index (χ1n) is 8.24. The molecule has 0 atom stereocenters. The fraction of sp³-hybridized carbons (Fsp3) is 0.190. The molecule has 0 aliphatic rings. The Morgan fingerprint density at radius 1 is 0.875 bits per heavy atom. The summed E-state index contributed by atoms with van der Waals surface area (Å²) in [6, 6.07) is 19.9. The topological polar surface area (TPSA) is 22.0 Å². The molecule has 0 amide bonds. The van der Waals surface area contributed by atoms with E-state index in [0.717, 1.165) is 22.3 Å². The molecule has 2 nitrogen and oxygen atoms in total. The third kappa shape index (κ3) is 3.20. The Hall–Kier alpha value is -1.81. The molecule has 0 aliphatic heterocycles. The van der Waals surface area contributed by atoms with Crippen LogP contribution in [0.15, 0.2) is 66.9 Å². The van der Waals surface area contributed by atoms with Crippen molar-refractivity contribution in [2.75, 3.05) is 0 Å². The zero-order chi connectivity index (χ0) is 17.3. The second-order valence-electron chi connectivity index (χ2n) is 7.19. The maximum absolute atomic E-state index is 13.3. The standard InChI is InChI=1S/C18H14NO.3CH3.Sn/c1-19-12-16(14-8-4-2-5-9-14)17(13-19)18(20)15-10-6-3-7-11-15;;;;/h2-12H,1H3;3*1H3;. The van der Waals surface area contributed by atoms with Gasteiger partial charge in [0.2, 0.25) is 0 Å². The van der Waals surface area contributed by atoms with E-state index < -0.39 is 18.4 Å². The van der Waals surface area contributed by atoms with Crippen LogP contribution in [0.1, 0.15) is 15.9 Å². The van der Waals surface area contributed by atoms with Crippen LogP contribution in [0.25, 0.3) is 11.1 Å². The summed E-state index contributed by atoms with van der Waals surface area (Å²) in [4.78, 5) is 20.4. The normalized spacial score (nSPS) is 11.5. The van der Waals surface area contributed by atoms with Gasteiger partial charge in [-0.3, -0.25) is 0 Å². The molecule has 0 N–H and O–H groups in total. The second kappa shape index (κ2) is 6.59. The summed E-state index contributed by atoms with van der Waals surface area (Å²) in [6.45, 7) is 0. The summed E-state index contributed by atoms with van der Waals surface area (Å²) < 4.78 is 3.46. The molecule has 1 aromatic heterocycles. The van der Waals surface area contributed by atoms with Crippen LogP contribution in [-0.4, -0.2) is 28.7 Å². The van der Waals surface area contributed by atoms with Gasteiger partial charge in [0.15, 0.2) is 0 Å². The van der Waals surface area contributed by atoms with Crippen molar-refractivity contribution in [2.24, 2.45) is 7.05 Å². The molecule has 0 saturated heterocycles. The van der Waals surface area contributed by atoms with Crippen molar-refractivity contribution in [3.63, 3.8) is 0 Å². The fourth-order valence-corrected chi connectivity index (χ4v) is 9.38. The summed E-state index contributed by atoms with van der Waals surface area (Å²) >= 11 is -2.49. The zero-order valence-corrected chi connectivity index (χ0v) is 17.6. The van der Waals surface area contributed by atoms with E-state index in [0.29, 0.717) is 0 Å². The molecule has 1 heterocycles. The molecule has 0 radical (unpaired) electrons. The van der Waals surface area contributed by atoms with Gasteiger partial charge in [-0.1, -0.05) is 0 Å². The summed E-state index contributed by atoms with van der Waals surface area (Å²) in [5.74, 6) is 0.136. The second-order valence-corrected chi connectivity index (χ2v) is 21.4. The number of carbonyl (C=O) groups excluding carboxylic acids is 1. The van der Waals surface area contributed by atoms with Crippen molar-refractivity contribution < 1.29 is 4.79 Å². The van der Waals surface area contributed by atoms with Gasteiger partial charge in [-0.05, 0) is 0 Å². The molecule has 0 unspecified atom stereocenters. The summed E-state index contributed by atoms with van der Waals surface area (Å²) in [5, 5.41) is 0. The Labute approximate surface area is 148 Å². The van der Waals surface area contributed by atoms with Crippen molar-refractivity contribution in [3.05, 3.63) is 78.0 Å². The van der Waals surface area contributed by atoms with Gasteiger partial charge in [0, 0.05) is 0 Å². The van der Waals surface area contributed by atoms with Gasteiger partial charge >= 0.3 is 148 Å².